The van der Waals surface area contributed by atoms with Crippen molar-refractivity contribution in [2.24, 2.45) is 17.8 Å². The Morgan fingerprint density at radius 3 is 1.95 bits per heavy atom. The van der Waals surface area contributed by atoms with Crippen LogP contribution in [0.3, 0.4) is 0 Å². The van der Waals surface area contributed by atoms with Gasteiger partial charge in [-0.2, -0.15) is 0 Å². The summed E-state index contributed by atoms with van der Waals surface area (Å²) in [5, 5.41) is 19.0. The normalized spacial score (nSPS) is 11.8. The molecule has 2 N–H and O–H groups in total. The number of ether oxygens (including phenoxy) is 3. The average Bonchev–Trinajstić information content (AvgIpc) is 2.82. The highest BCUT2D eigenvalue weighted by molar-refractivity contribution is 5.96. The van der Waals surface area contributed by atoms with Gasteiger partial charge < -0.3 is 24.4 Å². The van der Waals surface area contributed by atoms with Crippen LogP contribution in [0.5, 0.6) is 17.2 Å². The maximum atomic E-state index is 11.9. The summed E-state index contributed by atoms with van der Waals surface area (Å²) >= 11 is 0. The van der Waals surface area contributed by atoms with Crippen LogP contribution in [0.1, 0.15) is 64.7 Å². The van der Waals surface area contributed by atoms with E-state index >= 15 is 0 Å². The Labute approximate surface area is 220 Å². The van der Waals surface area contributed by atoms with Crippen LogP contribution in [0.4, 0.5) is 0 Å². The SMILES string of the molecule is CC(C)COc1ccc(C(=CC(=O)O)c2ccc(OCC(C)C)c(CCC(=O)O)c2)c(OCC(C)C)c1. The fourth-order valence-electron chi connectivity index (χ4n) is 3.47. The summed E-state index contributed by atoms with van der Waals surface area (Å²) in [5.41, 5.74) is 2.40. The molecule has 0 aliphatic rings. The average molecular weight is 513 g/mol. The largest absolute Gasteiger partial charge is 0.493 e. The molecule has 0 radical (unpaired) electrons. The van der Waals surface area contributed by atoms with Gasteiger partial charge in [-0.05, 0) is 65.1 Å². The lowest BCUT2D eigenvalue weighted by Crippen LogP contribution is -2.09. The van der Waals surface area contributed by atoms with Gasteiger partial charge in [0.05, 0.1) is 19.8 Å². The number of hydrogen-bond acceptors (Lipinski definition) is 5. The smallest absolute Gasteiger partial charge is 0.328 e. The summed E-state index contributed by atoms with van der Waals surface area (Å²) in [6, 6.07) is 10.8. The lowest BCUT2D eigenvalue weighted by molar-refractivity contribution is -0.137. The van der Waals surface area contributed by atoms with Gasteiger partial charge in [0.1, 0.15) is 17.2 Å². The van der Waals surface area contributed by atoms with E-state index in [2.05, 4.69) is 13.8 Å². The third-order valence-electron chi connectivity index (χ3n) is 5.22. The standard InChI is InChI=1S/C30H40O7/c1-19(2)16-35-24-9-10-25(28(14-24)37-18-21(5)6)26(15-30(33)34)22-7-11-27(36-17-20(3)4)23(13-22)8-12-29(31)32/h7,9-11,13-15,19-21H,8,12,16-18H2,1-6H3,(H,31,32)(H,33,34). The number of aliphatic carboxylic acids is 2. The second kappa shape index (κ2) is 14.3. The predicted molar refractivity (Wildman–Crippen MR) is 145 cm³/mol. The minimum Gasteiger partial charge on any atom is -0.493 e. The first-order chi connectivity index (χ1) is 17.5. The van der Waals surface area contributed by atoms with Crippen LogP contribution in [-0.4, -0.2) is 42.0 Å². The quantitative estimate of drug-likeness (QED) is 0.269. The number of benzene rings is 2. The molecule has 7 heteroatoms. The molecule has 0 amide bonds. The van der Waals surface area contributed by atoms with E-state index in [1.54, 1.807) is 30.3 Å². The molecule has 0 aromatic heterocycles. The van der Waals surface area contributed by atoms with Crippen LogP contribution >= 0.6 is 0 Å². The van der Waals surface area contributed by atoms with Gasteiger partial charge in [0.15, 0.2) is 0 Å². The number of aryl methyl sites for hydroxylation is 1. The topological polar surface area (TPSA) is 102 Å². The second-order valence-corrected chi connectivity index (χ2v) is 10.4. The zero-order valence-electron chi connectivity index (χ0n) is 22.7. The highest BCUT2D eigenvalue weighted by Gasteiger charge is 2.18. The highest BCUT2D eigenvalue weighted by Crippen LogP contribution is 2.36. The Bertz CT molecular complexity index is 1080. The Hall–Kier alpha value is -3.48. The van der Waals surface area contributed by atoms with E-state index in [9.17, 15) is 19.8 Å². The fraction of sp³-hybridized carbons (Fsp3) is 0.467. The van der Waals surface area contributed by atoms with Crippen molar-refractivity contribution >= 4 is 17.5 Å². The molecule has 0 aliphatic carbocycles. The van der Waals surface area contributed by atoms with E-state index in [4.69, 9.17) is 14.2 Å². The monoisotopic (exact) mass is 512 g/mol. The molecule has 37 heavy (non-hydrogen) atoms. The molecular weight excluding hydrogens is 472 g/mol. The van der Waals surface area contributed by atoms with Gasteiger partial charge in [-0.25, -0.2) is 4.79 Å². The molecule has 0 aliphatic heterocycles. The summed E-state index contributed by atoms with van der Waals surface area (Å²) in [6.45, 7) is 13.8. The molecule has 0 saturated carbocycles. The first kappa shape index (κ1) is 29.7. The van der Waals surface area contributed by atoms with Crippen molar-refractivity contribution in [2.75, 3.05) is 19.8 Å². The molecular formula is C30H40O7. The number of carboxylic acids is 2. The summed E-state index contributed by atoms with van der Waals surface area (Å²) < 4.78 is 17.9. The van der Waals surface area contributed by atoms with E-state index < -0.39 is 11.9 Å². The van der Waals surface area contributed by atoms with E-state index in [1.807, 2.05) is 33.8 Å². The Morgan fingerprint density at radius 1 is 0.784 bits per heavy atom. The van der Waals surface area contributed by atoms with Crippen LogP contribution in [0.2, 0.25) is 0 Å². The summed E-state index contributed by atoms with van der Waals surface area (Å²) in [6.07, 6.45) is 1.34. The van der Waals surface area contributed by atoms with Gasteiger partial charge in [-0.1, -0.05) is 47.6 Å². The van der Waals surface area contributed by atoms with Crippen molar-refractivity contribution < 1.29 is 34.0 Å². The molecule has 0 fully saturated rings. The molecule has 0 unspecified atom stereocenters. The Kier molecular flexibility index (Phi) is 11.5. The first-order valence-corrected chi connectivity index (χ1v) is 12.8. The van der Waals surface area contributed by atoms with E-state index in [-0.39, 0.29) is 18.8 Å². The lowest BCUT2D eigenvalue weighted by Gasteiger charge is -2.19. The van der Waals surface area contributed by atoms with Crippen molar-refractivity contribution in [3.63, 3.8) is 0 Å². The minimum absolute atomic E-state index is 0.0654. The van der Waals surface area contributed by atoms with Crippen LogP contribution in [0.15, 0.2) is 42.5 Å². The summed E-state index contributed by atoms with van der Waals surface area (Å²) in [7, 11) is 0. The zero-order valence-corrected chi connectivity index (χ0v) is 22.7. The van der Waals surface area contributed by atoms with Crippen molar-refractivity contribution in [1.82, 2.24) is 0 Å². The van der Waals surface area contributed by atoms with Gasteiger partial charge >= 0.3 is 11.9 Å². The molecule has 7 nitrogen and oxygen atoms in total. The van der Waals surface area contributed by atoms with Gasteiger partial charge in [-0.15, -0.1) is 0 Å². The van der Waals surface area contributed by atoms with Crippen LogP contribution in [0.25, 0.3) is 5.57 Å². The van der Waals surface area contributed by atoms with Crippen LogP contribution in [0, 0.1) is 17.8 Å². The van der Waals surface area contributed by atoms with E-state index in [0.29, 0.717) is 71.2 Å². The fourth-order valence-corrected chi connectivity index (χ4v) is 3.47. The third-order valence-corrected chi connectivity index (χ3v) is 5.22. The lowest BCUT2D eigenvalue weighted by atomic mass is 9.93. The molecule has 2 rings (SSSR count). The molecule has 0 saturated heterocycles. The van der Waals surface area contributed by atoms with Crippen molar-refractivity contribution in [2.45, 2.75) is 54.4 Å². The highest BCUT2D eigenvalue weighted by atomic mass is 16.5. The van der Waals surface area contributed by atoms with Crippen molar-refractivity contribution in [1.29, 1.82) is 0 Å². The molecule has 0 heterocycles. The van der Waals surface area contributed by atoms with Gasteiger partial charge in [0.25, 0.3) is 0 Å². The molecule has 2 aromatic rings. The van der Waals surface area contributed by atoms with Crippen LogP contribution < -0.4 is 14.2 Å². The molecule has 0 atom stereocenters. The maximum absolute atomic E-state index is 11.9. The minimum atomic E-state index is -1.10. The number of hydrogen-bond donors (Lipinski definition) is 2. The van der Waals surface area contributed by atoms with Crippen molar-refractivity contribution in [3.05, 3.63) is 59.2 Å². The first-order valence-electron chi connectivity index (χ1n) is 12.8. The van der Waals surface area contributed by atoms with Gasteiger partial charge in [-0.3, -0.25) is 4.79 Å². The predicted octanol–water partition coefficient (Wildman–Crippen LogP) is 6.32. The number of carboxylic acid groups (broad SMARTS) is 2. The zero-order chi connectivity index (χ0) is 27.5. The van der Waals surface area contributed by atoms with E-state index in [0.717, 1.165) is 6.08 Å². The van der Waals surface area contributed by atoms with E-state index in [1.165, 1.54) is 0 Å². The second-order valence-electron chi connectivity index (χ2n) is 10.4. The Morgan fingerprint density at radius 2 is 1.38 bits per heavy atom. The molecule has 0 spiro atoms. The molecule has 2 aromatic carbocycles. The Balaban J connectivity index is 2.59. The summed E-state index contributed by atoms with van der Waals surface area (Å²) in [5.74, 6) is 0.664. The van der Waals surface area contributed by atoms with Gasteiger partial charge in [0, 0.05) is 24.1 Å². The maximum Gasteiger partial charge on any atom is 0.328 e. The third kappa shape index (κ3) is 10.2. The number of carbonyl (C=O) groups is 2. The van der Waals surface area contributed by atoms with Crippen molar-refractivity contribution in [3.8, 4) is 17.2 Å². The summed E-state index contributed by atoms with van der Waals surface area (Å²) in [4.78, 5) is 23.2. The van der Waals surface area contributed by atoms with Gasteiger partial charge in [0.2, 0.25) is 0 Å². The molecule has 0 bridgehead atoms. The number of rotatable bonds is 15. The van der Waals surface area contributed by atoms with Crippen LogP contribution in [-0.2, 0) is 16.0 Å². The molecule has 202 valence electrons.